The summed E-state index contributed by atoms with van der Waals surface area (Å²) in [7, 11) is 0. The van der Waals surface area contributed by atoms with Crippen LogP contribution < -0.4 is 10.1 Å². The zero-order valence-electron chi connectivity index (χ0n) is 9.12. The maximum atomic E-state index is 11.9. The first-order chi connectivity index (χ1) is 7.65. The summed E-state index contributed by atoms with van der Waals surface area (Å²) < 4.78 is 28.1. The molecule has 0 aromatic heterocycles. The second kappa shape index (κ2) is 4.78. The summed E-state index contributed by atoms with van der Waals surface area (Å²) in [6.07, 6.45) is 2.47. The summed E-state index contributed by atoms with van der Waals surface area (Å²) in [6.45, 7) is -0.686. The normalized spacial score (nSPS) is 17.5. The van der Waals surface area contributed by atoms with E-state index >= 15 is 0 Å². The van der Waals surface area contributed by atoms with E-state index in [0.29, 0.717) is 6.04 Å². The van der Waals surface area contributed by atoms with Crippen LogP contribution in [0.25, 0.3) is 0 Å². The molecule has 1 saturated carbocycles. The SMILES string of the molecule is CC(NC1CC1)c1ccc(OC(F)F)cc1. The predicted octanol–water partition coefficient (Wildman–Crippen LogP) is 3.10. The topological polar surface area (TPSA) is 21.3 Å². The molecule has 2 rings (SSSR count). The van der Waals surface area contributed by atoms with Gasteiger partial charge in [-0.05, 0) is 37.5 Å². The average Bonchev–Trinajstić information content (AvgIpc) is 3.01. The number of rotatable bonds is 5. The average molecular weight is 227 g/mol. The van der Waals surface area contributed by atoms with Crippen LogP contribution in [0.4, 0.5) is 8.78 Å². The molecule has 2 nitrogen and oxygen atoms in total. The number of benzene rings is 1. The number of ether oxygens (including phenoxy) is 1. The number of nitrogens with one attached hydrogen (secondary N) is 1. The Balaban J connectivity index is 1.94. The van der Waals surface area contributed by atoms with Crippen molar-refractivity contribution in [2.75, 3.05) is 0 Å². The van der Waals surface area contributed by atoms with E-state index in [1.165, 1.54) is 12.8 Å². The van der Waals surface area contributed by atoms with Gasteiger partial charge in [0.1, 0.15) is 5.75 Å². The summed E-state index contributed by atoms with van der Waals surface area (Å²) in [6, 6.07) is 7.68. The molecule has 0 saturated heterocycles. The highest BCUT2D eigenvalue weighted by Gasteiger charge is 2.23. The van der Waals surface area contributed by atoms with Crippen LogP contribution in [0.1, 0.15) is 31.4 Å². The number of halogens is 2. The monoisotopic (exact) mass is 227 g/mol. The molecule has 88 valence electrons. The minimum absolute atomic E-state index is 0.206. The lowest BCUT2D eigenvalue weighted by atomic mass is 10.1. The van der Waals surface area contributed by atoms with Gasteiger partial charge in [-0.2, -0.15) is 8.78 Å². The van der Waals surface area contributed by atoms with Gasteiger partial charge in [0.25, 0.3) is 0 Å². The highest BCUT2D eigenvalue weighted by Crippen LogP contribution is 2.25. The van der Waals surface area contributed by atoms with Gasteiger partial charge in [-0.3, -0.25) is 0 Å². The van der Waals surface area contributed by atoms with E-state index in [1.54, 1.807) is 12.1 Å². The fourth-order valence-corrected chi connectivity index (χ4v) is 1.64. The number of hydrogen-bond donors (Lipinski definition) is 1. The smallest absolute Gasteiger partial charge is 0.387 e. The molecule has 0 spiro atoms. The Kier molecular flexibility index (Phi) is 3.39. The highest BCUT2D eigenvalue weighted by molar-refractivity contribution is 5.29. The maximum absolute atomic E-state index is 11.9. The van der Waals surface area contributed by atoms with Gasteiger partial charge in [-0.25, -0.2) is 0 Å². The first-order valence-corrected chi connectivity index (χ1v) is 5.46. The van der Waals surface area contributed by atoms with Gasteiger partial charge in [0.2, 0.25) is 0 Å². The third-order valence-corrected chi connectivity index (χ3v) is 2.67. The molecule has 1 aliphatic carbocycles. The van der Waals surface area contributed by atoms with Crippen LogP contribution in [0.3, 0.4) is 0 Å². The van der Waals surface area contributed by atoms with Crippen molar-refractivity contribution in [2.45, 2.75) is 38.5 Å². The zero-order chi connectivity index (χ0) is 11.5. The Morgan fingerprint density at radius 3 is 2.38 bits per heavy atom. The molecule has 1 aromatic carbocycles. The van der Waals surface area contributed by atoms with E-state index in [4.69, 9.17) is 0 Å². The molecule has 1 aliphatic rings. The van der Waals surface area contributed by atoms with Crippen LogP contribution in [0.15, 0.2) is 24.3 Å². The Bertz CT molecular complexity index is 335. The summed E-state index contributed by atoms with van der Waals surface area (Å²) in [4.78, 5) is 0. The quantitative estimate of drug-likeness (QED) is 0.834. The van der Waals surface area contributed by atoms with Crippen LogP contribution in [0, 0.1) is 0 Å². The molecule has 0 aliphatic heterocycles. The lowest BCUT2D eigenvalue weighted by Crippen LogP contribution is -2.20. The fraction of sp³-hybridized carbons (Fsp3) is 0.500. The number of alkyl halides is 2. The fourth-order valence-electron chi connectivity index (χ4n) is 1.64. The van der Waals surface area contributed by atoms with Crippen molar-refractivity contribution in [2.24, 2.45) is 0 Å². The standard InChI is InChI=1S/C12H15F2NO/c1-8(15-10-4-5-10)9-2-6-11(7-3-9)16-12(13)14/h2-3,6-8,10,12,15H,4-5H2,1H3. The lowest BCUT2D eigenvalue weighted by molar-refractivity contribution is -0.0498. The van der Waals surface area contributed by atoms with Crippen LogP contribution in [-0.2, 0) is 0 Å². The van der Waals surface area contributed by atoms with Gasteiger partial charge in [-0.1, -0.05) is 12.1 Å². The second-order valence-corrected chi connectivity index (χ2v) is 4.11. The Morgan fingerprint density at radius 2 is 1.88 bits per heavy atom. The first-order valence-electron chi connectivity index (χ1n) is 5.46. The van der Waals surface area contributed by atoms with Crippen molar-refractivity contribution < 1.29 is 13.5 Å². The Hall–Kier alpha value is -1.16. The van der Waals surface area contributed by atoms with E-state index in [0.717, 1.165) is 5.56 Å². The molecule has 0 radical (unpaired) electrons. The number of hydrogen-bond acceptors (Lipinski definition) is 2. The molecular formula is C12H15F2NO. The molecule has 1 unspecified atom stereocenters. The summed E-state index contributed by atoms with van der Waals surface area (Å²) >= 11 is 0. The second-order valence-electron chi connectivity index (χ2n) is 4.11. The Labute approximate surface area is 93.6 Å². The van der Waals surface area contributed by atoms with E-state index < -0.39 is 6.61 Å². The third-order valence-electron chi connectivity index (χ3n) is 2.67. The molecule has 1 fully saturated rings. The van der Waals surface area contributed by atoms with Gasteiger partial charge in [0.15, 0.2) is 0 Å². The van der Waals surface area contributed by atoms with Crippen molar-refractivity contribution >= 4 is 0 Å². The van der Waals surface area contributed by atoms with Crippen molar-refractivity contribution in [3.05, 3.63) is 29.8 Å². The van der Waals surface area contributed by atoms with Gasteiger partial charge in [0, 0.05) is 12.1 Å². The van der Waals surface area contributed by atoms with E-state index in [9.17, 15) is 8.78 Å². The van der Waals surface area contributed by atoms with Gasteiger partial charge in [0.05, 0.1) is 0 Å². The van der Waals surface area contributed by atoms with E-state index in [2.05, 4.69) is 17.0 Å². The Morgan fingerprint density at radius 1 is 1.25 bits per heavy atom. The summed E-state index contributed by atoms with van der Waals surface area (Å²) in [5, 5.41) is 3.44. The highest BCUT2D eigenvalue weighted by atomic mass is 19.3. The van der Waals surface area contributed by atoms with E-state index in [-0.39, 0.29) is 11.8 Å². The molecule has 0 amide bonds. The van der Waals surface area contributed by atoms with Crippen LogP contribution >= 0.6 is 0 Å². The molecule has 4 heteroatoms. The van der Waals surface area contributed by atoms with Crippen molar-refractivity contribution in [3.63, 3.8) is 0 Å². The van der Waals surface area contributed by atoms with Crippen molar-refractivity contribution in [1.29, 1.82) is 0 Å². The largest absolute Gasteiger partial charge is 0.435 e. The minimum atomic E-state index is -2.76. The molecule has 0 heterocycles. The molecule has 16 heavy (non-hydrogen) atoms. The minimum Gasteiger partial charge on any atom is -0.435 e. The molecule has 1 aromatic rings. The van der Waals surface area contributed by atoms with Crippen molar-refractivity contribution in [3.8, 4) is 5.75 Å². The predicted molar refractivity (Wildman–Crippen MR) is 57.6 cm³/mol. The molecule has 1 atom stereocenters. The lowest BCUT2D eigenvalue weighted by Gasteiger charge is -2.14. The van der Waals surface area contributed by atoms with Crippen LogP contribution in [-0.4, -0.2) is 12.7 Å². The van der Waals surface area contributed by atoms with Crippen LogP contribution in [0.5, 0.6) is 5.75 Å². The van der Waals surface area contributed by atoms with Crippen LogP contribution in [0.2, 0.25) is 0 Å². The summed E-state index contributed by atoms with van der Waals surface area (Å²) in [5.41, 5.74) is 1.09. The zero-order valence-corrected chi connectivity index (χ0v) is 9.12. The maximum Gasteiger partial charge on any atom is 0.387 e. The molecule has 1 N–H and O–H groups in total. The molecule has 0 bridgehead atoms. The van der Waals surface area contributed by atoms with Gasteiger partial charge >= 0.3 is 6.61 Å². The first kappa shape index (κ1) is 11.3. The van der Waals surface area contributed by atoms with Gasteiger partial charge in [-0.15, -0.1) is 0 Å². The summed E-state index contributed by atoms with van der Waals surface area (Å²) in [5.74, 6) is 0.206. The third kappa shape index (κ3) is 3.17. The van der Waals surface area contributed by atoms with Gasteiger partial charge < -0.3 is 10.1 Å². The molecular weight excluding hydrogens is 212 g/mol. The van der Waals surface area contributed by atoms with E-state index in [1.807, 2.05) is 12.1 Å². The van der Waals surface area contributed by atoms with Crippen molar-refractivity contribution in [1.82, 2.24) is 5.32 Å².